The van der Waals surface area contributed by atoms with Crippen molar-refractivity contribution in [3.8, 4) is 5.75 Å². The summed E-state index contributed by atoms with van der Waals surface area (Å²) in [4.78, 5) is 4.30. The van der Waals surface area contributed by atoms with Crippen LogP contribution in [-0.4, -0.2) is 24.7 Å². The summed E-state index contributed by atoms with van der Waals surface area (Å²) < 4.78 is 5.23. The van der Waals surface area contributed by atoms with E-state index in [1.165, 1.54) is 12.8 Å². The smallest absolute Gasteiger partial charge is 0.140 e. The summed E-state index contributed by atoms with van der Waals surface area (Å²) in [6.07, 6.45) is 5.42. The maximum Gasteiger partial charge on any atom is 0.140 e. The van der Waals surface area contributed by atoms with E-state index in [4.69, 9.17) is 4.74 Å². The highest BCUT2D eigenvalue weighted by molar-refractivity contribution is 5.26. The van der Waals surface area contributed by atoms with Crippen molar-refractivity contribution < 1.29 is 4.74 Å². The predicted octanol–water partition coefficient (Wildman–Crippen LogP) is 1.38. The van der Waals surface area contributed by atoms with Crippen molar-refractivity contribution in [3.63, 3.8) is 0 Å². The van der Waals surface area contributed by atoms with Crippen LogP contribution in [0.5, 0.6) is 5.75 Å². The first kappa shape index (κ1) is 9.46. The van der Waals surface area contributed by atoms with Gasteiger partial charge in [-0.3, -0.25) is 4.98 Å². The fourth-order valence-electron chi connectivity index (χ4n) is 1.48. The van der Waals surface area contributed by atoms with Crippen molar-refractivity contribution in [2.24, 2.45) is 0 Å². The second kappa shape index (κ2) is 4.42. The number of rotatable bonds is 5. The van der Waals surface area contributed by atoms with Crippen LogP contribution in [0, 0.1) is 0 Å². The van der Waals surface area contributed by atoms with Crippen molar-refractivity contribution in [3.05, 3.63) is 24.0 Å². The van der Waals surface area contributed by atoms with Crippen molar-refractivity contribution in [2.45, 2.75) is 25.3 Å². The van der Waals surface area contributed by atoms with Gasteiger partial charge in [-0.25, -0.2) is 0 Å². The molecule has 3 nitrogen and oxygen atoms in total. The molecule has 2 rings (SSSR count). The third kappa shape index (κ3) is 2.45. The second-order valence-electron chi connectivity index (χ2n) is 3.63. The maximum absolute atomic E-state index is 5.23. The van der Waals surface area contributed by atoms with E-state index in [9.17, 15) is 0 Å². The van der Waals surface area contributed by atoms with E-state index in [1.807, 2.05) is 18.3 Å². The highest BCUT2D eigenvalue weighted by atomic mass is 16.5. The zero-order chi connectivity index (χ0) is 9.80. The van der Waals surface area contributed by atoms with Gasteiger partial charge >= 0.3 is 0 Å². The minimum Gasteiger partial charge on any atom is -0.495 e. The van der Waals surface area contributed by atoms with Gasteiger partial charge in [-0.15, -0.1) is 0 Å². The fourth-order valence-corrected chi connectivity index (χ4v) is 1.48. The molecule has 0 atom stereocenters. The van der Waals surface area contributed by atoms with E-state index in [0.717, 1.165) is 30.5 Å². The van der Waals surface area contributed by atoms with Crippen LogP contribution in [-0.2, 0) is 6.42 Å². The Morgan fingerprint density at radius 3 is 3.14 bits per heavy atom. The van der Waals surface area contributed by atoms with Crippen molar-refractivity contribution in [1.82, 2.24) is 10.3 Å². The first-order chi connectivity index (χ1) is 6.90. The first-order valence-electron chi connectivity index (χ1n) is 5.11. The Bertz CT molecular complexity index is 297. The molecule has 0 bridgehead atoms. The number of pyridine rings is 1. The molecule has 1 fully saturated rings. The summed E-state index contributed by atoms with van der Waals surface area (Å²) in [6, 6.07) is 4.63. The Labute approximate surface area is 84.5 Å². The van der Waals surface area contributed by atoms with Crippen molar-refractivity contribution in [1.29, 1.82) is 0 Å². The number of nitrogens with one attached hydrogen (secondary N) is 1. The Morgan fingerprint density at radius 2 is 2.43 bits per heavy atom. The van der Waals surface area contributed by atoms with Crippen LogP contribution >= 0.6 is 0 Å². The zero-order valence-electron chi connectivity index (χ0n) is 8.49. The normalized spacial score (nSPS) is 15.5. The Hall–Kier alpha value is -1.09. The molecule has 1 aromatic heterocycles. The van der Waals surface area contributed by atoms with Gasteiger partial charge in [0.1, 0.15) is 5.75 Å². The molecule has 0 aromatic carbocycles. The van der Waals surface area contributed by atoms with Gasteiger partial charge in [0.15, 0.2) is 0 Å². The van der Waals surface area contributed by atoms with Gasteiger partial charge in [0.2, 0.25) is 0 Å². The van der Waals surface area contributed by atoms with Crippen LogP contribution in [0.3, 0.4) is 0 Å². The molecule has 1 saturated carbocycles. The molecule has 0 radical (unpaired) electrons. The third-order valence-corrected chi connectivity index (χ3v) is 2.44. The van der Waals surface area contributed by atoms with Crippen LogP contribution in [0.4, 0.5) is 0 Å². The van der Waals surface area contributed by atoms with Gasteiger partial charge in [-0.1, -0.05) is 0 Å². The molecule has 76 valence electrons. The largest absolute Gasteiger partial charge is 0.495 e. The third-order valence-electron chi connectivity index (χ3n) is 2.44. The molecular formula is C11H16N2O. The molecule has 1 N–H and O–H groups in total. The second-order valence-corrected chi connectivity index (χ2v) is 3.63. The Kier molecular flexibility index (Phi) is 2.99. The van der Waals surface area contributed by atoms with E-state index >= 15 is 0 Å². The average Bonchev–Trinajstić information content (AvgIpc) is 3.03. The summed E-state index contributed by atoms with van der Waals surface area (Å²) >= 11 is 0. The molecule has 1 aliphatic carbocycles. The number of aromatic nitrogens is 1. The highest BCUT2D eigenvalue weighted by Crippen LogP contribution is 2.19. The quantitative estimate of drug-likeness (QED) is 0.765. The summed E-state index contributed by atoms with van der Waals surface area (Å²) in [6.45, 7) is 0.998. The van der Waals surface area contributed by atoms with Gasteiger partial charge in [-0.2, -0.15) is 0 Å². The molecule has 0 amide bonds. The van der Waals surface area contributed by atoms with Gasteiger partial charge < -0.3 is 10.1 Å². The monoisotopic (exact) mass is 192 g/mol. The first-order valence-corrected chi connectivity index (χ1v) is 5.11. The van der Waals surface area contributed by atoms with Gasteiger partial charge in [0, 0.05) is 25.2 Å². The lowest BCUT2D eigenvalue weighted by Gasteiger charge is -2.07. The van der Waals surface area contributed by atoms with Gasteiger partial charge in [0.05, 0.1) is 12.8 Å². The lowest BCUT2D eigenvalue weighted by molar-refractivity contribution is 0.406. The number of methoxy groups -OCH3 is 1. The topological polar surface area (TPSA) is 34.1 Å². The van der Waals surface area contributed by atoms with E-state index in [-0.39, 0.29) is 0 Å². The molecule has 0 aliphatic heterocycles. The van der Waals surface area contributed by atoms with Crippen molar-refractivity contribution in [2.75, 3.05) is 13.7 Å². The van der Waals surface area contributed by atoms with Gasteiger partial charge in [-0.05, 0) is 25.0 Å². The molecular weight excluding hydrogens is 176 g/mol. The lowest BCUT2D eigenvalue weighted by Crippen LogP contribution is -2.19. The predicted molar refractivity (Wildman–Crippen MR) is 55.5 cm³/mol. The minimum absolute atomic E-state index is 0.768. The van der Waals surface area contributed by atoms with Crippen LogP contribution in [0.2, 0.25) is 0 Å². The Morgan fingerprint density at radius 1 is 1.57 bits per heavy atom. The molecule has 1 aromatic rings. The molecule has 1 heterocycles. The fraction of sp³-hybridized carbons (Fsp3) is 0.545. The van der Waals surface area contributed by atoms with E-state index in [0.29, 0.717) is 0 Å². The maximum atomic E-state index is 5.23. The summed E-state index contributed by atoms with van der Waals surface area (Å²) in [5.41, 5.74) is 1.04. The summed E-state index contributed by atoms with van der Waals surface area (Å²) in [5.74, 6) is 0.894. The molecule has 14 heavy (non-hydrogen) atoms. The van der Waals surface area contributed by atoms with Crippen LogP contribution < -0.4 is 10.1 Å². The number of hydrogen-bond donors (Lipinski definition) is 1. The minimum atomic E-state index is 0.768. The van der Waals surface area contributed by atoms with Crippen LogP contribution in [0.15, 0.2) is 18.3 Å². The number of ether oxygens (including phenoxy) is 1. The lowest BCUT2D eigenvalue weighted by atomic mass is 10.2. The van der Waals surface area contributed by atoms with E-state index in [1.54, 1.807) is 7.11 Å². The Balaban J connectivity index is 1.86. The SMILES string of the molecule is COc1cccnc1CCNC1CC1. The molecule has 0 spiro atoms. The summed E-state index contributed by atoms with van der Waals surface area (Å²) in [7, 11) is 1.69. The zero-order valence-corrected chi connectivity index (χ0v) is 8.49. The number of nitrogens with zero attached hydrogens (tertiary/aromatic N) is 1. The average molecular weight is 192 g/mol. The van der Waals surface area contributed by atoms with E-state index in [2.05, 4.69) is 10.3 Å². The molecule has 0 unspecified atom stereocenters. The van der Waals surface area contributed by atoms with Crippen molar-refractivity contribution >= 4 is 0 Å². The number of hydrogen-bond acceptors (Lipinski definition) is 3. The van der Waals surface area contributed by atoms with E-state index < -0.39 is 0 Å². The summed E-state index contributed by atoms with van der Waals surface area (Å²) in [5, 5.41) is 3.46. The van der Waals surface area contributed by atoms with Gasteiger partial charge in [0.25, 0.3) is 0 Å². The molecule has 0 saturated heterocycles. The molecule has 1 aliphatic rings. The van der Waals surface area contributed by atoms with Crippen LogP contribution in [0.25, 0.3) is 0 Å². The standard InChI is InChI=1S/C11H16N2O/c1-14-11-3-2-7-13-10(11)6-8-12-9-4-5-9/h2-3,7,9,12H,4-6,8H2,1H3. The van der Waals surface area contributed by atoms with Crippen LogP contribution in [0.1, 0.15) is 18.5 Å². The highest BCUT2D eigenvalue weighted by Gasteiger charge is 2.19. The molecule has 3 heteroatoms.